The molecule has 0 amide bonds. The van der Waals surface area contributed by atoms with E-state index in [4.69, 9.17) is 5.11 Å². The van der Waals surface area contributed by atoms with Gasteiger partial charge < -0.3 is 14.8 Å². The van der Waals surface area contributed by atoms with Crippen LogP contribution < -0.4 is 0 Å². The molecule has 0 bridgehead atoms. The molecule has 0 atom stereocenters. The zero-order valence-corrected chi connectivity index (χ0v) is 12.6. The Kier molecular flexibility index (Phi) is 4.05. The van der Waals surface area contributed by atoms with Crippen LogP contribution >= 0.6 is 0 Å². The smallest absolute Gasteiger partial charge is 0.355 e. The number of carboxylic acid groups (broad SMARTS) is 1. The van der Waals surface area contributed by atoms with E-state index in [0.29, 0.717) is 10.9 Å². The van der Waals surface area contributed by atoms with Crippen LogP contribution in [0.1, 0.15) is 16.1 Å². The summed E-state index contributed by atoms with van der Waals surface area (Å²) in [6.07, 6.45) is 3.15. The van der Waals surface area contributed by atoms with Crippen LogP contribution in [0.4, 0.5) is 0 Å². The van der Waals surface area contributed by atoms with Gasteiger partial charge in [-0.1, -0.05) is 0 Å². The van der Waals surface area contributed by atoms with Crippen LogP contribution in [0.2, 0.25) is 0 Å². The number of sulfone groups is 1. The third-order valence-electron chi connectivity index (χ3n) is 3.02. The summed E-state index contributed by atoms with van der Waals surface area (Å²) in [5.41, 5.74) is 0.813. The Morgan fingerprint density at radius 2 is 2.00 bits per heavy atom. The molecule has 0 aliphatic rings. The van der Waals surface area contributed by atoms with Gasteiger partial charge in [0.1, 0.15) is 5.69 Å². The minimum Gasteiger partial charge on any atom is -0.478 e. The maximum Gasteiger partial charge on any atom is 0.355 e. The van der Waals surface area contributed by atoms with Crippen LogP contribution in [-0.4, -0.2) is 43.8 Å². The van der Waals surface area contributed by atoms with Gasteiger partial charge in [0.15, 0.2) is 9.84 Å². The molecule has 2 aromatic rings. The van der Waals surface area contributed by atoms with Gasteiger partial charge in [0, 0.05) is 28.8 Å². The lowest BCUT2D eigenvalue weighted by molar-refractivity contribution is -0.131. The Balaban J connectivity index is 2.78. The highest BCUT2D eigenvalue weighted by atomic mass is 32.2. The van der Waals surface area contributed by atoms with Crippen molar-refractivity contribution in [2.45, 2.75) is 4.90 Å². The number of benzene rings is 1. The summed E-state index contributed by atoms with van der Waals surface area (Å²) in [4.78, 5) is 25.3. The third kappa shape index (κ3) is 3.01. The molecule has 0 unspecified atom stereocenters. The third-order valence-corrected chi connectivity index (χ3v) is 4.13. The van der Waals surface area contributed by atoms with Gasteiger partial charge in [0.05, 0.1) is 12.0 Å². The number of hydrogen-bond acceptors (Lipinski definition) is 5. The topological polar surface area (TPSA) is 114 Å². The Bertz CT molecular complexity index is 891. The molecular weight excluding hydrogens is 310 g/mol. The van der Waals surface area contributed by atoms with Crippen molar-refractivity contribution in [3.63, 3.8) is 0 Å². The van der Waals surface area contributed by atoms with E-state index < -0.39 is 21.8 Å². The summed E-state index contributed by atoms with van der Waals surface area (Å²) >= 11 is 0. The molecule has 0 fully saturated rings. The molecule has 2 N–H and O–H groups in total. The van der Waals surface area contributed by atoms with Gasteiger partial charge in [-0.3, -0.25) is 0 Å². The number of aromatic amines is 1. The second-order valence-electron chi connectivity index (χ2n) is 4.56. The first-order valence-electron chi connectivity index (χ1n) is 6.09. The van der Waals surface area contributed by atoms with Crippen molar-refractivity contribution in [1.29, 1.82) is 0 Å². The van der Waals surface area contributed by atoms with Gasteiger partial charge in [0.25, 0.3) is 0 Å². The summed E-state index contributed by atoms with van der Waals surface area (Å²) in [7, 11) is -2.23. The van der Waals surface area contributed by atoms with E-state index in [0.717, 1.165) is 12.3 Å². The number of ether oxygens (including phenoxy) is 1. The van der Waals surface area contributed by atoms with Crippen molar-refractivity contribution in [3.8, 4) is 0 Å². The summed E-state index contributed by atoms with van der Waals surface area (Å²) < 4.78 is 27.9. The van der Waals surface area contributed by atoms with Gasteiger partial charge in [-0.2, -0.15) is 0 Å². The zero-order valence-electron chi connectivity index (χ0n) is 11.8. The minimum absolute atomic E-state index is 0.0562. The lowest BCUT2D eigenvalue weighted by Gasteiger charge is -2.00. The molecule has 0 saturated heterocycles. The van der Waals surface area contributed by atoms with Crippen molar-refractivity contribution in [2.24, 2.45) is 0 Å². The number of fused-ring (bicyclic) bond motifs is 1. The average molecular weight is 323 g/mol. The molecule has 0 saturated carbocycles. The molecule has 2 rings (SSSR count). The van der Waals surface area contributed by atoms with Crippen LogP contribution in [-0.2, 0) is 19.4 Å². The molecule has 1 aromatic heterocycles. The maximum atomic E-state index is 11.8. The molecular formula is C14H13NO6S. The largest absolute Gasteiger partial charge is 0.478 e. The number of carbonyl (C=O) groups excluding carboxylic acids is 1. The van der Waals surface area contributed by atoms with Crippen molar-refractivity contribution >= 4 is 38.8 Å². The van der Waals surface area contributed by atoms with Crippen LogP contribution in [0.3, 0.4) is 0 Å². The maximum absolute atomic E-state index is 11.8. The van der Waals surface area contributed by atoms with Crippen molar-refractivity contribution in [3.05, 3.63) is 35.5 Å². The predicted octanol–water partition coefficient (Wildman–Crippen LogP) is 1.46. The first-order chi connectivity index (χ1) is 10.2. The van der Waals surface area contributed by atoms with Crippen LogP contribution in [0.25, 0.3) is 17.0 Å². The van der Waals surface area contributed by atoms with E-state index in [9.17, 15) is 18.0 Å². The number of carboxylic acids is 1. The lowest BCUT2D eigenvalue weighted by atomic mass is 10.1. The van der Waals surface area contributed by atoms with Crippen molar-refractivity contribution in [1.82, 2.24) is 4.98 Å². The molecule has 7 nitrogen and oxygen atoms in total. The van der Waals surface area contributed by atoms with E-state index in [1.165, 1.54) is 31.4 Å². The molecule has 116 valence electrons. The second-order valence-corrected chi connectivity index (χ2v) is 6.57. The molecule has 0 radical (unpaired) electrons. The fourth-order valence-corrected chi connectivity index (χ4v) is 2.66. The Labute approximate surface area is 126 Å². The predicted molar refractivity (Wildman–Crippen MR) is 79.4 cm³/mol. The summed E-state index contributed by atoms with van der Waals surface area (Å²) in [5, 5.41) is 9.16. The normalized spacial score (nSPS) is 11.9. The quantitative estimate of drug-likeness (QED) is 0.650. The first-order valence-corrected chi connectivity index (χ1v) is 7.98. The fraction of sp³-hybridized carbons (Fsp3) is 0.143. The molecule has 1 aromatic carbocycles. The van der Waals surface area contributed by atoms with Gasteiger partial charge in [-0.05, 0) is 24.3 Å². The first kappa shape index (κ1) is 15.8. The van der Waals surface area contributed by atoms with E-state index in [-0.39, 0.29) is 16.2 Å². The van der Waals surface area contributed by atoms with E-state index in [1.807, 2.05) is 0 Å². The Hall–Kier alpha value is -2.61. The molecule has 0 aliphatic carbocycles. The van der Waals surface area contributed by atoms with Gasteiger partial charge in [-0.25, -0.2) is 18.0 Å². The molecule has 0 aliphatic heterocycles. The number of nitrogens with one attached hydrogen (secondary N) is 1. The second kappa shape index (κ2) is 5.64. The fourth-order valence-electron chi connectivity index (χ4n) is 2.01. The Morgan fingerprint density at radius 3 is 2.55 bits per heavy atom. The number of methoxy groups -OCH3 is 1. The lowest BCUT2D eigenvalue weighted by Crippen LogP contribution is -2.03. The number of carbonyl (C=O) groups is 2. The SMILES string of the molecule is COC(=O)c1[nH]c2ccc(S(C)(=O)=O)cc2c1/C=C\C(=O)O. The zero-order chi connectivity index (χ0) is 16.5. The van der Waals surface area contributed by atoms with Crippen LogP contribution in [0.15, 0.2) is 29.2 Å². The molecule has 0 spiro atoms. The number of esters is 1. The van der Waals surface area contributed by atoms with Crippen LogP contribution in [0.5, 0.6) is 0 Å². The summed E-state index contributed by atoms with van der Waals surface area (Å²) in [6, 6.07) is 4.30. The number of aliphatic carboxylic acids is 1. The van der Waals surface area contributed by atoms with E-state index >= 15 is 0 Å². The molecule has 1 heterocycles. The van der Waals surface area contributed by atoms with Gasteiger partial charge in [-0.15, -0.1) is 0 Å². The highest BCUT2D eigenvalue weighted by Gasteiger charge is 2.18. The summed E-state index contributed by atoms with van der Waals surface area (Å²) in [5.74, 6) is -1.87. The van der Waals surface area contributed by atoms with Gasteiger partial charge >= 0.3 is 11.9 Å². The number of aromatic nitrogens is 1. The molecule has 22 heavy (non-hydrogen) atoms. The number of H-pyrrole nitrogens is 1. The average Bonchev–Trinajstić information content (AvgIpc) is 2.80. The van der Waals surface area contributed by atoms with Gasteiger partial charge in [0.2, 0.25) is 0 Å². The van der Waals surface area contributed by atoms with Crippen molar-refractivity contribution in [2.75, 3.05) is 13.4 Å². The Morgan fingerprint density at radius 1 is 1.32 bits per heavy atom. The van der Waals surface area contributed by atoms with E-state index in [1.54, 1.807) is 0 Å². The minimum atomic E-state index is -3.43. The number of hydrogen-bond donors (Lipinski definition) is 2. The van der Waals surface area contributed by atoms with Crippen LogP contribution in [0, 0.1) is 0 Å². The highest BCUT2D eigenvalue weighted by Crippen LogP contribution is 2.27. The number of rotatable bonds is 4. The molecule has 8 heteroatoms. The van der Waals surface area contributed by atoms with Crippen molar-refractivity contribution < 1.29 is 27.9 Å². The highest BCUT2D eigenvalue weighted by molar-refractivity contribution is 7.90. The summed E-state index contributed by atoms with van der Waals surface area (Å²) in [6.45, 7) is 0. The monoisotopic (exact) mass is 323 g/mol. The standard InChI is InChI=1S/C14H13NO6S/c1-21-14(18)13-9(4-6-12(16)17)10-7-8(22(2,19)20)3-5-11(10)15-13/h3-7,15H,1-2H3,(H,16,17)/b6-4-. The van der Waals surface area contributed by atoms with E-state index in [2.05, 4.69) is 9.72 Å².